The second-order valence-corrected chi connectivity index (χ2v) is 7.86. The summed E-state index contributed by atoms with van der Waals surface area (Å²) in [6, 6.07) is 17.8. The predicted octanol–water partition coefficient (Wildman–Crippen LogP) is 3.60. The van der Waals surface area contributed by atoms with Crippen molar-refractivity contribution < 1.29 is 9.53 Å². The number of benzene rings is 2. The van der Waals surface area contributed by atoms with Gasteiger partial charge in [-0.05, 0) is 42.7 Å². The number of methoxy groups -OCH3 is 1. The van der Waals surface area contributed by atoms with Crippen molar-refractivity contribution >= 4 is 17.7 Å². The largest absolute Gasteiger partial charge is 0.497 e. The average Bonchev–Trinajstić information content (AvgIpc) is 3.47. The summed E-state index contributed by atoms with van der Waals surface area (Å²) in [6.07, 6.45) is 2.12. The Morgan fingerprint density at radius 3 is 2.50 bits per heavy atom. The van der Waals surface area contributed by atoms with Crippen molar-refractivity contribution in [3.63, 3.8) is 0 Å². The fraction of sp³-hybridized carbons (Fsp3) is 0.286. The Balaban J connectivity index is 1.59. The maximum Gasteiger partial charge on any atom is 0.238 e. The van der Waals surface area contributed by atoms with Crippen molar-refractivity contribution in [2.45, 2.75) is 29.3 Å². The molecule has 0 bridgehead atoms. The van der Waals surface area contributed by atoms with Crippen molar-refractivity contribution in [2.24, 2.45) is 7.05 Å². The summed E-state index contributed by atoms with van der Waals surface area (Å²) in [6.45, 7) is 0. The minimum Gasteiger partial charge on any atom is -0.497 e. The molecule has 1 atom stereocenters. The van der Waals surface area contributed by atoms with E-state index in [1.165, 1.54) is 11.8 Å². The monoisotopic (exact) mass is 394 g/mol. The molecular formula is C21H22N4O2S. The second-order valence-electron chi connectivity index (χ2n) is 6.79. The van der Waals surface area contributed by atoms with Crippen molar-refractivity contribution in [1.29, 1.82) is 0 Å². The number of aromatic nitrogens is 3. The number of carbonyl (C=O) groups excluding carboxylic acids is 1. The average molecular weight is 395 g/mol. The number of thioether (sulfide) groups is 1. The molecule has 0 spiro atoms. The summed E-state index contributed by atoms with van der Waals surface area (Å²) in [5, 5.41) is 12.1. The first-order chi connectivity index (χ1) is 13.7. The summed E-state index contributed by atoms with van der Waals surface area (Å²) >= 11 is 1.42. The minimum absolute atomic E-state index is 0.0210. The van der Waals surface area contributed by atoms with Crippen LogP contribution >= 0.6 is 11.8 Å². The maximum atomic E-state index is 12.9. The van der Waals surface area contributed by atoms with Crippen LogP contribution in [0.2, 0.25) is 0 Å². The van der Waals surface area contributed by atoms with Crippen LogP contribution < -0.4 is 10.1 Å². The van der Waals surface area contributed by atoms with Crippen molar-refractivity contribution in [3.8, 4) is 17.1 Å². The van der Waals surface area contributed by atoms with E-state index in [-0.39, 0.29) is 11.2 Å². The van der Waals surface area contributed by atoms with Gasteiger partial charge in [0, 0.05) is 18.7 Å². The molecule has 2 aromatic carbocycles. The molecule has 28 heavy (non-hydrogen) atoms. The number of nitrogens with one attached hydrogen (secondary N) is 1. The zero-order valence-electron chi connectivity index (χ0n) is 15.8. The lowest BCUT2D eigenvalue weighted by Crippen LogP contribution is -2.29. The molecule has 1 heterocycles. The molecule has 0 aliphatic heterocycles. The van der Waals surface area contributed by atoms with E-state index in [2.05, 4.69) is 15.5 Å². The third-order valence-corrected chi connectivity index (χ3v) is 5.96. The Bertz CT molecular complexity index is 952. The van der Waals surface area contributed by atoms with Crippen molar-refractivity contribution in [2.75, 3.05) is 7.11 Å². The van der Waals surface area contributed by atoms with Gasteiger partial charge in [-0.15, -0.1) is 10.2 Å². The molecule has 1 saturated carbocycles. The lowest BCUT2D eigenvalue weighted by molar-refractivity contribution is -0.120. The van der Waals surface area contributed by atoms with Gasteiger partial charge < -0.3 is 14.6 Å². The summed E-state index contributed by atoms with van der Waals surface area (Å²) in [5.41, 5.74) is 1.90. The van der Waals surface area contributed by atoms with E-state index in [0.29, 0.717) is 11.2 Å². The van der Waals surface area contributed by atoms with Gasteiger partial charge in [0.05, 0.1) is 7.11 Å². The van der Waals surface area contributed by atoms with E-state index >= 15 is 0 Å². The molecule has 1 aromatic heterocycles. The molecule has 7 heteroatoms. The van der Waals surface area contributed by atoms with Crippen LogP contribution in [0.1, 0.15) is 23.7 Å². The van der Waals surface area contributed by atoms with Gasteiger partial charge >= 0.3 is 0 Å². The SMILES string of the molecule is COc1ccc(-c2nnc(S[C@H](C(=O)NC3CC3)c3ccccc3)n2C)cc1. The van der Waals surface area contributed by atoms with Crippen LogP contribution in [-0.2, 0) is 11.8 Å². The van der Waals surface area contributed by atoms with Gasteiger partial charge in [0.15, 0.2) is 11.0 Å². The highest BCUT2D eigenvalue weighted by Gasteiger charge is 2.30. The molecule has 1 N–H and O–H groups in total. The standard InChI is InChI=1S/C21H22N4O2S/c1-25-19(15-8-12-17(27-2)13-9-15)23-24-21(25)28-18(14-6-4-3-5-7-14)20(26)22-16-10-11-16/h3-9,12-13,16,18H,10-11H2,1-2H3,(H,22,26)/t18-/m0/s1. The smallest absolute Gasteiger partial charge is 0.238 e. The van der Waals surface area contributed by atoms with Gasteiger partial charge in [-0.25, -0.2) is 0 Å². The Hall–Kier alpha value is -2.80. The lowest BCUT2D eigenvalue weighted by Gasteiger charge is -2.16. The van der Waals surface area contributed by atoms with E-state index in [1.54, 1.807) is 7.11 Å². The van der Waals surface area contributed by atoms with Gasteiger partial charge in [0.25, 0.3) is 0 Å². The van der Waals surface area contributed by atoms with Crippen LogP contribution in [0.25, 0.3) is 11.4 Å². The van der Waals surface area contributed by atoms with E-state index in [9.17, 15) is 4.79 Å². The molecule has 144 valence electrons. The quantitative estimate of drug-likeness (QED) is 0.620. The van der Waals surface area contributed by atoms with Gasteiger partial charge in [-0.2, -0.15) is 0 Å². The first kappa shape index (κ1) is 18.6. The fourth-order valence-electron chi connectivity index (χ4n) is 2.92. The second kappa shape index (κ2) is 8.06. The third-order valence-electron chi connectivity index (χ3n) is 4.67. The number of hydrogen-bond acceptors (Lipinski definition) is 5. The van der Waals surface area contributed by atoms with Crippen molar-refractivity contribution in [1.82, 2.24) is 20.1 Å². The zero-order chi connectivity index (χ0) is 19.5. The number of nitrogens with zero attached hydrogens (tertiary/aromatic N) is 3. The van der Waals surface area contributed by atoms with Gasteiger partial charge in [-0.3, -0.25) is 4.79 Å². The summed E-state index contributed by atoms with van der Waals surface area (Å²) in [7, 11) is 3.56. The minimum atomic E-state index is -0.367. The molecule has 1 fully saturated rings. The summed E-state index contributed by atoms with van der Waals surface area (Å²) in [5.74, 6) is 1.56. The Morgan fingerprint density at radius 1 is 1.14 bits per heavy atom. The summed E-state index contributed by atoms with van der Waals surface area (Å²) in [4.78, 5) is 12.9. The number of rotatable bonds is 7. The highest BCUT2D eigenvalue weighted by atomic mass is 32.2. The first-order valence-corrected chi connectivity index (χ1v) is 10.1. The van der Waals surface area contributed by atoms with E-state index < -0.39 is 0 Å². The summed E-state index contributed by atoms with van der Waals surface area (Å²) < 4.78 is 7.14. The Morgan fingerprint density at radius 2 is 1.86 bits per heavy atom. The molecule has 1 aliphatic rings. The van der Waals surface area contributed by atoms with Crippen molar-refractivity contribution in [3.05, 3.63) is 60.2 Å². The molecule has 6 nitrogen and oxygen atoms in total. The van der Waals surface area contributed by atoms with Crippen LogP contribution in [-0.4, -0.2) is 33.8 Å². The van der Waals surface area contributed by atoms with Crippen LogP contribution in [0.3, 0.4) is 0 Å². The normalized spacial score (nSPS) is 14.5. The number of amides is 1. The maximum absolute atomic E-state index is 12.9. The van der Waals surface area contributed by atoms with Gasteiger partial charge in [-0.1, -0.05) is 42.1 Å². The highest BCUT2D eigenvalue weighted by molar-refractivity contribution is 8.00. The van der Waals surface area contributed by atoms with E-state index in [1.807, 2.05) is 66.2 Å². The molecule has 3 aromatic rings. The molecule has 0 radical (unpaired) electrons. The van der Waals surface area contributed by atoms with Crippen LogP contribution in [0.5, 0.6) is 5.75 Å². The van der Waals surface area contributed by atoms with E-state index in [4.69, 9.17) is 4.74 Å². The van der Waals surface area contributed by atoms with Gasteiger partial charge in [0.2, 0.25) is 5.91 Å². The first-order valence-electron chi connectivity index (χ1n) is 9.21. The van der Waals surface area contributed by atoms with Crippen LogP contribution in [0.4, 0.5) is 0 Å². The Kier molecular flexibility index (Phi) is 5.34. The lowest BCUT2D eigenvalue weighted by atomic mass is 10.1. The van der Waals surface area contributed by atoms with Crippen LogP contribution in [0, 0.1) is 0 Å². The predicted molar refractivity (Wildman–Crippen MR) is 109 cm³/mol. The fourth-order valence-corrected chi connectivity index (χ4v) is 3.93. The third kappa shape index (κ3) is 4.04. The highest BCUT2D eigenvalue weighted by Crippen LogP contribution is 2.36. The van der Waals surface area contributed by atoms with Gasteiger partial charge in [0.1, 0.15) is 11.0 Å². The van der Waals surface area contributed by atoms with E-state index in [0.717, 1.165) is 35.5 Å². The van der Waals surface area contributed by atoms with Crippen LogP contribution in [0.15, 0.2) is 59.8 Å². The molecular weight excluding hydrogens is 372 g/mol. The zero-order valence-corrected chi connectivity index (χ0v) is 16.6. The number of carbonyl (C=O) groups is 1. The number of ether oxygens (including phenoxy) is 1. The molecule has 1 amide bonds. The molecule has 4 rings (SSSR count). The molecule has 1 aliphatic carbocycles. The Labute approximate surface area is 168 Å². The molecule has 0 saturated heterocycles. The molecule has 0 unspecified atom stereocenters. The topological polar surface area (TPSA) is 69.0 Å². The number of hydrogen-bond donors (Lipinski definition) is 1.